The van der Waals surface area contributed by atoms with Gasteiger partial charge in [0, 0.05) is 18.3 Å². The van der Waals surface area contributed by atoms with Crippen molar-refractivity contribution in [2.45, 2.75) is 20.3 Å². The third-order valence-corrected chi connectivity index (χ3v) is 5.83. The Kier molecular flexibility index (Phi) is 7.19. The number of aryl methyl sites for hydroxylation is 1. The lowest BCUT2D eigenvalue weighted by molar-refractivity contribution is -0.118. The van der Waals surface area contributed by atoms with Gasteiger partial charge in [0.15, 0.2) is 6.61 Å². The van der Waals surface area contributed by atoms with E-state index in [4.69, 9.17) is 16.3 Å². The number of halogens is 2. The maximum Gasteiger partial charge on any atom is 0.343 e. The molecule has 0 aliphatic heterocycles. The van der Waals surface area contributed by atoms with Crippen molar-refractivity contribution in [2.75, 3.05) is 13.2 Å². The minimum atomic E-state index is -0.772. The van der Waals surface area contributed by atoms with Crippen molar-refractivity contribution in [3.8, 4) is 5.69 Å². The summed E-state index contributed by atoms with van der Waals surface area (Å²) in [5.74, 6) is -1.64. The summed E-state index contributed by atoms with van der Waals surface area (Å²) >= 11 is 7.58. The van der Waals surface area contributed by atoms with Crippen LogP contribution in [-0.2, 0) is 16.0 Å². The Morgan fingerprint density at radius 1 is 1.19 bits per heavy atom. The number of rotatable bonds is 8. The number of esters is 1. The maximum absolute atomic E-state index is 13.1. The molecule has 0 bridgehead atoms. The molecule has 1 N–H and O–H groups in total. The van der Waals surface area contributed by atoms with Crippen molar-refractivity contribution in [3.63, 3.8) is 0 Å². The van der Waals surface area contributed by atoms with Crippen molar-refractivity contribution >= 4 is 40.6 Å². The highest BCUT2D eigenvalue weighted by Gasteiger charge is 2.23. The SMILES string of the molecule is CC(=O)NCCc1ccc(C(=O)COC(=O)c2c(C)nn(-c3ccc(F)cc3)c2Cl)s1. The van der Waals surface area contributed by atoms with Gasteiger partial charge in [-0.05, 0) is 49.7 Å². The lowest BCUT2D eigenvalue weighted by Crippen LogP contribution is -2.22. The molecule has 2 heterocycles. The van der Waals surface area contributed by atoms with Crippen LogP contribution in [0.3, 0.4) is 0 Å². The van der Waals surface area contributed by atoms with Crippen LogP contribution >= 0.6 is 22.9 Å². The molecule has 31 heavy (non-hydrogen) atoms. The third-order valence-electron chi connectivity index (χ3n) is 4.30. The second kappa shape index (κ2) is 9.84. The second-order valence-corrected chi connectivity index (χ2v) is 8.16. The normalized spacial score (nSPS) is 10.7. The van der Waals surface area contributed by atoms with Crippen molar-refractivity contribution < 1.29 is 23.5 Å². The number of nitrogens with one attached hydrogen (secondary N) is 1. The Hall–Kier alpha value is -3.04. The van der Waals surface area contributed by atoms with Crippen LogP contribution in [-0.4, -0.2) is 40.6 Å². The van der Waals surface area contributed by atoms with Crippen LogP contribution in [0.1, 0.15) is 37.5 Å². The molecule has 0 fully saturated rings. The summed E-state index contributed by atoms with van der Waals surface area (Å²) in [5, 5.41) is 6.91. The highest BCUT2D eigenvalue weighted by molar-refractivity contribution is 7.14. The first kappa shape index (κ1) is 22.6. The molecule has 1 amide bonds. The molecular formula is C21H19ClFN3O4S. The molecule has 10 heteroatoms. The molecule has 3 rings (SSSR count). The zero-order valence-electron chi connectivity index (χ0n) is 16.8. The van der Waals surface area contributed by atoms with Gasteiger partial charge >= 0.3 is 5.97 Å². The van der Waals surface area contributed by atoms with E-state index in [1.807, 2.05) is 0 Å². The summed E-state index contributed by atoms with van der Waals surface area (Å²) in [6, 6.07) is 8.93. The minimum Gasteiger partial charge on any atom is -0.454 e. The molecule has 0 unspecified atom stereocenters. The number of carbonyl (C=O) groups is 3. The zero-order valence-corrected chi connectivity index (χ0v) is 18.3. The second-order valence-electron chi connectivity index (χ2n) is 6.64. The number of carbonyl (C=O) groups excluding carboxylic acids is 3. The van der Waals surface area contributed by atoms with Gasteiger partial charge in [-0.25, -0.2) is 13.9 Å². The van der Waals surface area contributed by atoms with Gasteiger partial charge in [-0.3, -0.25) is 9.59 Å². The Morgan fingerprint density at radius 3 is 2.58 bits per heavy atom. The summed E-state index contributed by atoms with van der Waals surface area (Å²) < 4.78 is 19.6. The Bertz CT molecular complexity index is 1120. The molecule has 0 atom stereocenters. The largest absolute Gasteiger partial charge is 0.454 e. The van der Waals surface area contributed by atoms with E-state index in [1.54, 1.807) is 19.1 Å². The number of amides is 1. The Morgan fingerprint density at radius 2 is 1.90 bits per heavy atom. The number of hydrogen-bond acceptors (Lipinski definition) is 6. The van der Waals surface area contributed by atoms with E-state index >= 15 is 0 Å². The predicted molar refractivity (Wildman–Crippen MR) is 115 cm³/mol. The average Bonchev–Trinajstić information content (AvgIpc) is 3.31. The van der Waals surface area contributed by atoms with Crippen LogP contribution in [0.4, 0.5) is 4.39 Å². The number of hydrogen-bond donors (Lipinski definition) is 1. The van der Waals surface area contributed by atoms with Crippen LogP contribution in [0.25, 0.3) is 5.69 Å². The van der Waals surface area contributed by atoms with Crippen molar-refractivity contribution in [1.82, 2.24) is 15.1 Å². The fourth-order valence-corrected chi connectivity index (χ4v) is 4.06. The third kappa shape index (κ3) is 5.56. The summed E-state index contributed by atoms with van der Waals surface area (Å²) in [6.45, 7) is 3.07. The number of benzene rings is 1. The lowest BCUT2D eigenvalue weighted by atomic mass is 10.2. The van der Waals surface area contributed by atoms with Gasteiger partial charge in [0.2, 0.25) is 11.7 Å². The predicted octanol–water partition coefficient (Wildman–Crippen LogP) is 3.75. The van der Waals surface area contributed by atoms with E-state index in [0.717, 1.165) is 4.88 Å². The Balaban J connectivity index is 1.63. The number of nitrogens with zero attached hydrogens (tertiary/aromatic N) is 2. The highest BCUT2D eigenvalue weighted by Crippen LogP contribution is 2.25. The van der Waals surface area contributed by atoms with E-state index < -0.39 is 18.4 Å². The highest BCUT2D eigenvalue weighted by atomic mass is 35.5. The molecule has 2 aromatic heterocycles. The van der Waals surface area contributed by atoms with Gasteiger partial charge in [-0.15, -0.1) is 11.3 Å². The number of Topliss-reactive ketones (excluding diaryl/α,β-unsaturated/α-hetero) is 1. The molecule has 0 radical (unpaired) electrons. The van der Waals surface area contributed by atoms with Gasteiger partial charge < -0.3 is 10.1 Å². The molecule has 0 aliphatic carbocycles. The molecule has 162 valence electrons. The Labute approximate surface area is 186 Å². The average molecular weight is 464 g/mol. The number of ketones is 1. The molecule has 0 aliphatic rings. The molecule has 1 aromatic carbocycles. The van der Waals surface area contributed by atoms with Crippen molar-refractivity contribution in [2.24, 2.45) is 0 Å². The summed E-state index contributed by atoms with van der Waals surface area (Å²) in [4.78, 5) is 37.2. The van der Waals surface area contributed by atoms with Crippen LogP contribution < -0.4 is 5.32 Å². The van der Waals surface area contributed by atoms with Crippen molar-refractivity contribution in [3.05, 3.63) is 68.4 Å². The smallest absolute Gasteiger partial charge is 0.343 e. The molecule has 3 aromatic rings. The fourth-order valence-electron chi connectivity index (χ4n) is 2.78. The fraction of sp³-hybridized carbons (Fsp3) is 0.238. The number of ether oxygens (including phenoxy) is 1. The van der Waals surface area contributed by atoms with E-state index in [0.29, 0.717) is 29.2 Å². The quantitative estimate of drug-likeness (QED) is 0.406. The van der Waals surface area contributed by atoms with Gasteiger partial charge in [0.25, 0.3) is 0 Å². The topological polar surface area (TPSA) is 90.3 Å². The molecule has 0 saturated heterocycles. The first-order valence-corrected chi connectivity index (χ1v) is 10.5. The monoisotopic (exact) mass is 463 g/mol. The molecule has 7 nitrogen and oxygen atoms in total. The van der Waals surface area contributed by atoms with Gasteiger partial charge in [0.05, 0.1) is 16.3 Å². The number of thiophene rings is 1. The molecule has 0 saturated carbocycles. The van der Waals surface area contributed by atoms with E-state index in [1.165, 1.54) is 47.2 Å². The van der Waals surface area contributed by atoms with Crippen LogP contribution in [0.2, 0.25) is 5.15 Å². The first-order chi connectivity index (χ1) is 14.8. The van der Waals surface area contributed by atoms with Crippen molar-refractivity contribution in [1.29, 1.82) is 0 Å². The van der Waals surface area contributed by atoms with Gasteiger partial charge in [-0.2, -0.15) is 5.10 Å². The molecular weight excluding hydrogens is 445 g/mol. The molecule has 0 spiro atoms. The van der Waals surface area contributed by atoms with Crippen LogP contribution in [0.5, 0.6) is 0 Å². The first-order valence-electron chi connectivity index (χ1n) is 9.30. The standard InChI is InChI=1S/C21H19ClFN3O4S/c1-12-19(20(22)26(25-12)15-5-3-14(23)4-6-15)21(29)30-11-17(28)18-8-7-16(31-18)9-10-24-13(2)27/h3-8H,9-11H2,1-2H3,(H,24,27). The van der Waals surface area contributed by atoms with Gasteiger partial charge in [-0.1, -0.05) is 11.6 Å². The summed E-state index contributed by atoms with van der Waals surface area (Å²) in [5.41, 5.74) is 0.846. The van der Waals surface area contributed by atoms with E-state index in [2.05, 4.69) is 10.4 Å². The summed E-state index contributed by atoms with van der Waals surface area (Å²) in [6.07, 6.45) is 0.606. The lowest BCUT2D eigenvalue weighted by Gasteiger charge is -2.05. The number of aromatic nitrogens is 2. The maximum atomic E-state index is 13.1. The minimum absolute atomic E-state index is 0.0120. The van der Waals surface area contributed by atoms with E-state index in [9.17, 15) is 18.8 Å². The van der Waals surface area contributed by atoms with Gasteiger partial charge in [0.1, 0.15) is 16.5 Å². The zero-order chi connectivity index (χ0) is 22.5. The summed E-state index contributed by atoms with van der Waals surface area (Å²) in [7, 11) is 0. The van der Waals surface area contributed by atoms with Crippen LogP contribution in [0.15, 0.2) is 36.4 Å². The van der Waals surface area contributed by atoms with E-state index in [-0.39, 0.29) is 22.4 Å². The van der Waals surface area contributed by atoms with Crippen LogP contribution in [0, 0.1) is 12.7 Å².